The predicted octanol–water partition coefficient (Wildman–Crippen LogP) is 2.70. The lowest BCUT2D eigenvalue weighted by atomic mass is 10.1. The molecule has 20 heavy (non-hydrogen) atoms. The molecule has 4 heteroatoms. The molecule has 0 aliphatic heterocycles. The highest BCUT2D eigenvalue weighted by Crippen LogP contribution is 2.24. The molecule has 1 rings (SSSR count). The summed E-state index contributed by atoms with van der Waals surface area (Å²) in [5.41, 5.74) is 8.43. The zero-order valence-electron chi connectivity index (χ0n) is 12.9. The Kier molecular flexibility index (Phi) is 6.89. The summed E-state index contributed by atoms with van der Waals surface area (Å²) in [6.45, 7) is 11.6. The fourth-order valence-electron chi connectivity index (χ4n) is 2.36. The van der Waals surface area contributed by atoms with Crippen molar-refractivity contribution in [2.45, 2.75) is 27.2 Å². The molecule has 0 saturated carbocycles. The van der Waals surface area contributed by atoms with Gasteiger partial charge in [-0.25, -0.2) is 0 Å². The fourth-order valence-corrected chi connectivity index (χ4v) is 2.36. The number of hydrogen-bond donors (Lipinski definition) is 1. The molecular formula is C16H26N4. The van der Waals surface area contributed by atoms with Gasteiger partial charge in [0.2, 0.25) is 0 Å². The van der Waals surface area contributed by atoms with Crippen molar-refractivity contribution in [1.82, 2.24) is 4.90 Å². The van der Waals surface area contributed by atoms with Crippen molar-refractivity contribution >= 4 is 11.4 Å². The van der Waals surface area contributed by atoms with Gasteiger partial charge in [0.05, 0.1) is 23.0 Å². The number of nitrogens with two attached hydrogens (primary N) is 1. The van der Waals surface area contributed by atoms with Crippen LogP contribution in [0.5, 0.6) is 0 Å². The van der Waals surface area contributed by atoms with E-state index in [0.29, 0.717) is 5.56 Å². The Balaban J connectivity index is 2.69. The van der Waals surface area contributed by atoms with Gasteiger partial charge in [0, 0.05) is 13.1 Å². The lowest BCUT2D eigenvalue weighted by Crippen LogP contribution is -2.30. The normalized spacial score (nSPS) is 10.6. The van der Waals surface area contributed by atoms with Crippen molar-refractivity contribution in [3.63, 3.8) is 0 Å². The molecule has 0 radical (unpaired) electrons. The maximum Gasteiger partial charge on any atom is 0.0992 e. The monoisotopic (exact) mass is 274 g/mol. The predicted molar refractivity (Wildman–Crippen MR) is 85.9 cm³/mol. The highest BCUT2D eigenvalue weighted by atomic mass is 15.1. The fraction of sp³-hybridized carbons (Fsp3) is 0.562. The Morgan fingerprint density at radius 2 is 1.80 bits per heavy atom. The van der Waals surface area contributed by atoms with E-state index in [2.05, 4.69) is 36.6 Å². The topological polar surface area (TPSA) is 56.3 Å². The summed E-state index contributed by atoms with van der Waals surface area (Å²) in [5, 5.41) is 9.00. The van der Waals surface area contributed by atoms with Gasteiger partial charge in [-0.3, -0.25) is 0 Å². The number of nitriles is 1. The van der Waals surface area contributed by atoms with Crippen molar-refractivity contribution in [3.8, 4) is 6.07 Å². The summed E-state index contributed by atoms with van der Waals surface area (Å²) in [7, 11) is 0. The van der Waals surface area contributed by atoms with E-state index in [1.807, 2.05) is 12.1 Å². The van der Waals surface area contributed by atoms with Gasteiger partial charge in [0.15, 0.2) is 0 Å². The average Bonchev–Trinajstić information content (AvgIpc) is 2.49. The molecule has 1 aromatic carbocycles. The van der Waals surface area contributed by atoms with Crippen LogP contribution in [0.4, 0.5) is 11.4 Å². The number of anilines is 2. The van der Waals surface area contributed by atoms with Crippen LogP contribution < -0.4 is 10.6 Å². The van der Waals surface area contributed by atoms with Crippen molar-refractivity contribution in [3.05, 3.63) is 23.8 Å². The van der Waals surface area contributed by atoms with Crippen LogP contribution in [0.1, 0.15) is 32.8 Å². The molecule has 0 amide bonds. The first-order valence-electron chi connectivity index (χ1n) is 7.43. The van der Waals surface area contributed by atoms with E-state index in [1.165, 1.54) is 0 Å². The lowest BCUT2D eigenvalue weighted by Gasteiger charge is -2.26. The molecule has 0 fully saturated rings. The SMILES string of the molecule is CCN(CC)CCCN(CC)c1cc(C#N)ccc1N. The van der Waals surface area contributed by atoms with Gasteiger partial charge in [0.1, 0.15) is 0 Å². The van der Waals surface area contributed by atoms with Crippen molar-refractivity contribution < 1.29 is 0 Å². The molecule has 0 spiro atoms. The molecule has 0 heterocycles. The second-order valence-corrected chi connectivity index (χ2v) is 4.85. The first-order chi connectivity index (χ1) is 9.65. The molecule has 110 valence electrons. The molecule has 0 atom stereocenters. The maximum atomic E-state index is 9.00. The summed E-state index contributed by atoms with van der Waals surface area (Å²) < 4.78 is 0. The van der Waals surface area contributed by atoms with Crippen LogP contribution in [0.2, 0.25) is 0 Å². The van der Waals surface area contributed by atoms with Crippen LogP contribution in [0.3, 0.4) is 0 Å². The summed E-state index contributed by atoms with van der Waals surface area (Å²) >= 11 is 0. The highest BCUT2D eigenvalue weighted by molar-refractivity contribution is 5.69. The molecule has 0 saturated heterocycles. The van der Waals surface area contributed by atoms with Gasteiger partial charge in [0.25, 0.3) is 0 Å². The number of benzene rings is 1. The van der Waals surface area contributed by atoms with Gasteiger partial charge < -0.3 is 15.5 Å². The molecular weight excluding hydrogens is 248 g/mol. The summed E-state index contributed by atoms with van der Waals surface area (Å²) in [5.74, 6) is 0. The zero-order chi connectivity index (χ0) is 15.0. The second-order valence-electron chi connectivity index (χ2n) is 4.85. The Hall–Kier alpha value is -1.73. The molecule has 0 aliphatic rings. The molecule has 0 unspecified atom stereocenters. The minimum absolute atomic E-state index is 0.663. The number of nitrogens with zero attached hydrogens (tertiary/aromatic N) is 3. The van der Waals surface area contributed by atoms with Gasteiger partial charge in [-0.2, -0.15) is 5.26 Å². The number of hydrogen-bond acceptors (Lipinski definition) is 4. The minimum atomic E-state index is 0.663. The molecule has 2 N–H and O–H groups in total. The first kappa shape index (κ1) is 16.3. The second kappa shape index (κ2) is 8.44. The number of rotatable bonds is 8. The van der Waals surface area contributed by atoms with Gasteiger partial charge in [-0.1, -0.05) is 13.8 Å². The van der Waals surface area contributed by atoms with Crippen LogP contribution in [0.15, 0.2) is 18.2 Å². The summed E-state index contributed by atoms with van der Waals surface area (Å²) in [4.78, 5) is 4.67. The van der Waals surface area contributed by atoms with E-state index in [4.69, 9.17) is 11.0 Å². The summed E-state index contributed by atoms with van der Waals surface area (Å²) in [6.07, 6.45) is 1.10. The molecule has 4 nitrogen and oxygen atoms in total. The van der Waals surface area contributed by atoms with Crippen LogP contribution >= 0.6 is 0 Å². The summed E-state index contributed by atoms with van der Waals surface area (Å²) in [6, 6.07) is 7.65. The molecule has 1 aromatic rings. The van der Waals surface area contributed by atoms with E-state index < -0.39 is 0 Å². The van der Waals surface area contributed by atoms with Crippen LogP contribution in [0.25, 0.3) is 0 Å². The largest absolute Gasteiger partial charge is 0.397 e. The zero-order valence-corrected chi connectivity index (χ0v) is 12.9. The standard InChI is InChI=1S/C16H26N4/c1-4-19(5-2)10-7-11-20(6-3)16-12-14(13-17)8-9-15(16)18/h8-9,12H,4-7,10-11,18H2,1-3H3. The van der Waals surface area contributed by atoms with Crippen molar-refractivity contribution in [2.24, 2.45) is 0 Å². The van der Waals surface area contributed by atoms with E-state index in [-0.39, 0.29) is 0 Å². The van der Waals surface area contributed by atoms with E-state index in [9.17, 15) is 0 Å². The lowest BCUT2D eigenvalue weighted by molar-refractivity contribution is 0.301. The van der Waals surface area contributed by atoms with E-state index in [0.717, 1.165) is 50.5 Å². The Morgan fingerprint density at radius 1 is 1.10 bits per heavy atom. The smallest absolute Gasteiger partial charge is 0.0992 e. The molecule has 0 aromatic heterocycles. The third-order valence-corrected chi connectivity index (χ3v) is 3.68. The van der Waals surface area contributed by atoms with Crippen LogP contribution in [-0.2, 0) is 0 Å². The van der Waals surface area contributed by atoms with Crippen LogP contribution in [-0.4, -0.2) is 37.6 Å². The Morgan fingerprint density at radius 3 is 2.35 bits per heavy atom. The molecule has 0 bridgehead atoms. The quantitative estimate of drug-likeness (QED) is 0.741. The van der Waals surface area contributed by atoms with E-state index >= 15 is 0 Å². The van der Waals surface area contributed by atoms with E-state index in [1.54, 1.807) is 6.07 Å². The Labute approximate surface area is 122 Å². The Bertz CT molecular complexity index is 446. The average molecular weight is 274 g/mol. The van der Waals surface area contributed by atoms with Crippen molar-refractivity contribution in [1.29, 1.82) is 5.26 Å². The third kappa shape index (κ3) is 4.43. The van der Waals surface area contributed by atoms with Gasteiger partial charge in [-0.05, 0) is 51.2 Å². The first-order valence-corrected chi connectivity index (χ1v) is 7.43. The van der Waals surface area contributed by atoms with Crippen LogP contribution in [0, 0.1) is 11.3 Å². The third-order valence-electron chi connectivity index (χ3n) is 3.68. The molecule has 0 aliphatic carbocycles. The van der Waals surface area contributed by atoms with Crippen molar-refractivity contribution in [2.75, 3.05) is 43.4 Å². The highest BCUT2D eigenvalue weighted by Gasteiger charge is 2.09. The number of nitrogen functional groups attached to an aromatic ring is 1. The maximum absolute atomic E-state index is 9.00. The van der Waals surface area contributed by atoms with Gasteiger partial charge in [-0.15, -0.1) is 0 Å². The minimum Gasteiger partial charge on any atom is -0.397 e. The van der Waals surface area contributed by atoms with Gasteiger partial charge >= 0.3 is 0 Å².